The Morgan fingerprint density at radius 1 is 1.62 bits per heavy atom. The van der Waals surface area contributed by atoms with Crippen molar-refractivity contribution >= 4 is 5.97 Å². The van der Waals surface area contributed by atoms with Gasteiger partial charge in [-0.1, -0.05) is 6.08 Å². The van der Waals surface area contributed by atoms with Gasteiger partial charge in [0.05, 0.1) is 12.7 Å². The maximum Gasteiger partial charge on any atom is 0.330 e. The molecule has 0 aliphatic carbocycles. The summed E-state index contributed by atoms with van der Waals surface area (Å²) in [4.78, 5) is 13.3. The summed E-state index contributed by atoms with van der Waals surface area (Å²) in [7, 11) is 2.05. The smallest absolute Gasteiger partial charge is 0.330 e. The van der Waals surface area contributed by atoms with Gasteiger partial charge in [0, 0.05) is 25.3 Å². The summed E-state index contributed by atoms with van der Waals surface area (Å²) in [6, 6.07) is 0.451. The van der Waals surface area contributed by atoms with E-state index in [0.717, 1.165) is 19.6 Å². The Hall–Kier alpha value is -0.870. The van der Waals surface area contributed by atoms with E-state index in [1.54, 1.807) is 6.92 Å². The van der Waals surface area contributed by atoms with Crippen LogP contribution >= 0.6 is 0 Å². The number of hydrogen-bond donors (Lipinski definition) is 0. The fraction of sp³-hybridized carbons (Fsp3) is 0.750. The van der Waals surface area contributed by atoms with Crippen molar-refractivity contribution in [2.75, 3.05) is 26.8 Å². The minimum atomic E-state index is -0.272. The molecule has 0 spiro atoms. The second-order valence-corrected chi connectivity index (χ2v) is 4.03. The molecule has 2 unspecified atom stereocenters. The number of carbonyl (C=O) groups excluding carboxylic acids is 1. The van der Waals surface area contributed by atoms with E-state index in [9.17, 15) is 4.79 Å². The van der Waals surface area contributed by atoms with Crippen molar-refractivity contribution in [1.29, 1.82) is 0 Å². The van der Waals surface area contributed by atoms with Crippen LogP contribution in [0.2, 0.25) is 0 Å². The van der Waals surface area contributed by atoms with Gasteiger partial charge in [-0.15, -0.1) is 0 Å². The van der Waals surface area contributed by atoms with Gasteiger partial charge in [0.2, 0.25) is 0 Å². The highest BCUT2D eigenvalue weighted by atomic mass is 16.5. The maximum absolute atomic E-state index is 11.1. The summed E-state index contributed by atoms with van der Waals surface area (Å²) in [5.74, 6) is -0.272. The van der Waals surface area contributed by atoms with Crippen molar-refractivity contribution in [3.05, 3.63) is 12.2 Å². The van der Waals surface area contributed by atoms with Crippen molar-refractivity contribution in [2.45, 2.75) is 32.4 Å². The Kier molecular flexibility index (Phi) is 5.49. The largest absolute Gasteiger partial charge is 0.463 e. The number of likely N-dealkylation sites (N-methyl/N-ethyl adjacent to an activating group) is 1. The fourth-order valence-corrected chi connectivity index (χ4v) is 1.94. The lowest BCUT2D eigenvalue weighted by molar-refractivity contribution is -0.137. The molecule has 2 atom stereocenters. The molecule has 1 heterocycles. The first-order valence-corrected chi connectivity index (χ1v) is 5.80. The minimum Gasteiger partial charge on any atom is -0.463 e. The van der Waals surface area contributed by atoms with E-state index >= 15 is 0 Å². The van der Waals surface area contributed by atoms with Crippen LogP contribution < -0.4 is 0 Å². The van der Waals surface area contributed by atoms with Crippen LogP contribution in [0.3, 0.4) is 0 Å². The van der Waals surface area contributed by atoms with Crippen LogP contribution in [-0.2, 0) is 14.3 Å². The number of hydrogen-bond acceptors (Lipinski definition) is 4. The lowest BCUT2D eigenvalue weighted by Gasteiger charge is -2.25. The van der Waals surface area contributed by atoms with E-state index in [1.807, 2.05) is 13.1 Å². The number of ether oxygens (including phenoxy) is 2. The summed E-state index contributed by atoms with van der Waals surface area (Å²) in [5, 5.41) is 0. The summed E-state index contributed by atoms with van der Waals surface area (Å²) >= 11 is 0. The van der Waals surface area contributed by atoms with Crippen molar-refractivity contribution in [3.63, 3.8) is 0 Å². The predicted octanol–water partition coefficient (Wildman–Crippen LogP) is 1.21. The molecule has 4 nitrogen and oxygen atoms in total. The fourth-order valence-electron chi connectivity index (χ4n) is 1.94. The van der Waals surface area contributed by atoms with Crippen molar-refractivity contribution < 1.29 is 14.3 Å². The van der Waals surface area contributed by atoms with E-state index in [2.05, 4.69) is 11.8 Å². The van der Waals surface area contributed by atoms with Gasteiger partial charge in [-0.2, -0.15) is 0 Å². The molecule has 1 aliphatic heterocycles. The zero-order valence-corrected chi connectivity index (χ0v) is 10.3. The average molecular weight is 227 g/mol. The first kappa shape index (κ1) is 13.2. The lowest BCUT2D eigenvalue weighted by atomic mass is 10.1. The van der Waals surface area contributed by atoms with Gasteiger partial charge in [-0.05, 0) is 27.3 Å². The Balaban J connectivity index is 2.28. The lowest BCUT2D eigenvalue weighted by Crippen LogP contribution is -2.36. The van der Waals surface area contributed by atoms with Crippen molar-refractivity contribution in [3.8, 4) is 0 Å². The van der Waals surface area contributed by atoms with Crippen LogP contribution in [0, 0.1) is 0 Å². The van der Waals surface area contributed by atoms with E-state index in [1.165, 1.54) is 6.08 Å². The van der Waals surface area contributed by atoms with Crippen molar-refractivity contribution in [1.82, 2.24) is 4.90 Å². The number of nitrogens with zero attached hydrogens (tertiary/aromatic N) is 1. The Morgan fingerprint density at radius 2 is 2.38 bits per heavy atom. The molecule has 0 N–H and O–H groups in total. The quantitative estimate of drug-likeness (QED) is 0.523. The molecule has 0 aromatic heterocycles. The molecule has 1 rings (SSSR count). The van der Waals surface area contributed by atoms with Crippen molar-refractivity contribution in [2.24, 2.45) is 0 Å². The highest BCUT2D eigenvalue weighted by Gasteiger charge is 2.26. The average Bonchev–Trinajstić information content (AvgIpc) is 2.64. The predicted molar refractivity (Wildman–Crippen MR) is 62.2 cm³/mol. The third-order valence-electron chi connectivity index (χ3n) is 2.84. The van der Waals surface area contributed by atoms with E-state index in [0.29, 0.717) is 12.6 Å². The molecule has 0 aromatic rings. The van der Waals surface area contributed by atoms with Crippen LogP contribution in [0.15, 0.2) is 12.2 Å². The summed E-state index contributed by atoms with van der Waals surface area (Å²) in [6.07, 6.45) is 4.66. The molecule has 1 aliphatic rings. The number of esters is 1. The van der Waals surface area contributed by atoms with Gasteiger partial charge < -0.3 is 9.47 Å². The first-order chi connectivity index (χ1) is 7.65. The number of carbonyl (C=O) groups is 1. The first-order valence-electron chi connectivity index (χ1n) is 5.80. The van der Waals surface area contributed by atoms with Gasteiger partial charge in [0.25, 0.3) is 0 Å². The normalized spacial score (nSPS) is 25.5. The highest BCUT2D eigenvalue weighted by Crippen LogP contribution is 2.17. The highest BCUT2D eigenvalue weighted by molar-refractivity contribution is 5.81. The molecule has 0 aromatic carbocycles. The Labute approximate surface area is 97.2 Å². The SMILES string of the molecule is CCOC(=O)/C=C/CN(C)C1CCOC1C. The van der Waals surface area contributed by atoms with Gasteiger partial charge in [-0.3, -0.25) is 4.90 Å². The molecular weight excluding hydrogens is 206 g/mol. The zero-order valence-electron chi connectivity index (χ0n) is 10.3. The van der Waals surface area contributed by atoms with Crippen LogP contribution in [0.1, 0.15) is 20.3 Å². The molecule has 0 bridgehead atoms. The monoisotopic (exact) mass is 227 g/mol. The van der Waals surface area contributed by atoms with Crippen LogP contribution in [-0.4, -0.2) is 49.8 Å². The second-order valence-electron chi connectivity index (χ2n) is 4.03. The topological polar surface area (TPSA) is 38.8 Å². The standard InChI is InChI=1S/C12H21NO3/c1-4-15-12(14)6-5-8-13(3)11-7-9-16-10(11)2/h5-6,10-11H,4,7-9H2,1-3H3/b6-5+. The molecule has 1 saturated heterocycles. The summed E-state index contributed by atoms with van der Waals surface area (Å²) in [5.41, 5.74) is 0. The molecule has 0 saturated carbocycles. The van der Waals surface area contributed by atoms with Crippen LogP contribution in [0.25, 0.3) is 0 Å². The maximum atomic E-state index is 11.1. The van der Waals surface area contributed by atoms with E-state index in [-0.39, 0.29) is 12.1 Å². The van der Waals surface area contributed by atoms with Gasteiger partial charge >= 0.3 is 5.97 Å². The Morgan fingerprint density at radius 3 is 2.94 bits per heavy atom. The van der Waals surface area contributed by atoms with E-state index in [4.69, 9.17) is 9.47 Å². The van der Waals surface area contributed by atoms with Gasteiger partial charge in [0.1, 0.15) is 0 Å². The molecule has 1 fully saturated rings. The van der Waals surface area contributed by atoms with Crippen LogP contribution in [0.5, 0.6) is 0 Å². The number of rotatable bonds is 5. The van der Waals surface area contributed by atoms with Crippen LogP contribution in [0.4, 0.5) is 0 Å². The minimum absolute atomic E-state index is 0.272. The third kappa shape index (κ3) is 3.94. The summed E-state index contributed by atoms with van der Waals surface area (Å²) in [6.45, 7) is 5.89. The third-order valence-corrected chi connectivity index (χ3v) is 2.84. The van der Waals surface area contributed by atoms with E-state index < -0.39 is 0 Å². The Bertz CT molecular complexity index is 253. The van der Waals surface area contributed by atoms with Gasteiger partial charge in [0.15, 0.2) is 0 Å². The summed E-state index contributed by atoms with van der Waals surface area (Å²) < 4.78 is 10.3. The van der Waals surface area contributed by atoms with Gasteiger partial charge in [-0.25, -0.2) is 4.79 Å². The zero-order chi connectivity index (χ0) is 12.0. The molecule has 0 amide bonds. The molecule has 0 radical (unpaired) electrons. The molecular formula is C12H21NO3. The molecule has 92 valence electrons. The molecule has 16 heavy (non-hydrogen) atoms. The second kappa shape index (κ2) is 6.66. The molecule has 4 heteroatoms.